The van der Waals surface area contributed by atoms with E-state index in [9.17, 15) is 14.0 Å². The van der Waals surface area contributed by atoms with E-state index in [0.717, 1.165) is 49.4 Å². The normalized spacial score (nSPS) is 17.6. The molecule has 0 saturated heterocycles. The van der Waals surface area contributed by atoms with Gasteiger partial charge in [-0.2, -0.15) is 0 Å². The van der Waals surface area contributed by atoms with Crippen molar-refractivity contribution in [3.8, 4) is 5.75 Å². The van der Waals surface area contributed by atoms with Crippen molar-refractivity contribution in [1.82, 2.24) is 0 Å². The van der Waals surface area contributed by atoms with Crippen molar-refractivity contribution >= 4 is 39.6 Å². The number of para-hydroxylation sites is 1. The molecule has 0 aromatic heterocycles. The molecule has 4 aromatic carbocycles. The van der Waals surface area contributed by atoms with Gasteiger partial charge in [-0.3, -0.25) is 0 Å². The van der Waals surface area contributed by atoms with Crippen molar-refractivity contribution in [2.45, 2.75) is 0 Å². The molecule has 0 radical (unpaired) electrons. The van der Waals surface area contributed by atoms with Crippen LogP contribution in [0.2, 0.25) is 0 Å². The van der Waals surface area contributed by atoms with Gasteiger partial charge in [0.25, 0.3) is 0 Å². The Labute approximate surface area is 238 Å². The van der Waals surface area contributed by atoms with Crippen LogP contribution in [-0.2, 0) is 3.37 Å². The average Bonchev–Trinajstić information content (AvgIpc) is 2.98. The molecule has 0 aliphatic carbocycles. The van der Waals surface area contributed by atoms with E-state index >= 15 is 0 Å². The van der Waals surface area contributed by atoms with Crippen LogP contribution in [-0.4, -0.2) is 18.2 Å². The molecule has 5 nitrogen and oxygen atoms in total. The van der Waals surface area contributed by atoms with E-state index in [1.54, 1.807) is 0 Å². The molecule has 1 atom stereocenters. The van der Waals surface area contributed by atoms with Crippen LogP contribution < -0.4 is 23.2 Å². The summed E-state index contributed by atoms with van der Waals surface area (Å²) in [6.45, 7) is 0. The minimum atomic E-state index is -4.60. The first-order valence-electron chi connectivity index (χ1n) is 12.5. The van der Waals surface area contributed by atoms with Gasteiger partial charge in [0, 0.05) is 0 Å². The van der Waals surface area contributed by atoms with Crippen LogP contribution in [0.25, 0.3) is 16.9 Å². The summed E-state index contributed by atoms with van der Waals surface area (Å²) < 4.78 is 47.9. The molecule has 2 aliphatic rings. The van der Waals surface area contributed by atoms with Crippen molar-refractivity contribution < 1.29 is 32.3 Å². The number of hydrogen-bond acceptors (Lipinski definition) is 5. The third-order valence-corrected chi connectivity index (χ3v) is 11.6. The first kappa shape index (κ1) is 26.4. The fraction of sp³-hybridized carbons (Fsp3) is 0. The molecule has 0 saturated carbocycles. The number of halogens is 1. The quantitative estimate of drug-likeness (QED) is 0.312. The SMILES string of the molecule is [O-][Cl+3]([O-])([O-])O[Se]1=C(c2ccccc2)C=C(/C=C/C=C2\C=C(c3ccccc3)Oc3ccccc32)c2ccccc21. The van der Waals surface area contributed by atoms with Crippen LogP contribution in [0.1, 0.15) is 22.3 Å². The van der Waals surface area contributed by atoms with Gasteiger partial charge in [-0.15, -0.1) is 0 Å². The van der Waals surface area contributed by atoms with Gasteiger partial charge in [-0.1, -0.05) is 6.07 Å². The van der Waals surface area contributed by atoms with E-state index in [4.69, 9.17) is 8.11 Å². The van der Waals surface area contributed by atoms with Gasteiger partial charge < -0.3 is 0 Å². The van der Waals surface area contributed by atoms with E-state index in [1.807, 2.05) is 140 Å². The van der Waals surface area contributed by atoms with Crippen molar-refractivity contribution in [3.63, 3.8) is 0 Å². The Bertz CT molecular complexity index is 1710. The Balaban J connectivity index is 1.44. The van der Waals surface area contributed by atoms with E-state index < -0.39 is 24.0 Å². The first-order valence-corrected chi connectivity index (χ1v) is 16.1. The van der Waals surface area contributed by atoms with Crippen LogP contribution >= 0.6 is 0 Å². The molecule has 0 spiro atoms. The average molecular weight is 614 g/mol. The molecule has 2 heterocycles. The van der Waals surface area contributed by atoms with Gasteiger partial charge in [0.2, 0.25) is 0 Å². The molecule has 7 heteroatoms. The van der Waals surface area contributed by atoms with Crippen molar-refractivity contribution in [1.29, 1.82) is 0 Å². The Hall–Kier alpha value is -3.84. The number of ether oxygens (including phenoxy) is 1. The second-order valence-corrected chi connectivity index (χ2v) is 13.6. The third kappa shape index (κ3) is 5.70. The molecule has 6 rings (SSSR count). The molecule has 0 fully saturated rings. The Morgan fingerprint density at radius 3 is 2.02 bits per heavy atom. The second-order valence-electron chi connectivity index (χ2n) is 8.99. The van der Waals surface area contributed by atoms with E-state index in [1.165, 1.54) is 0 Å². The fourth-order valence-corrected chi connectivity index (χ4v) is 9.70. The zero-order chi connectivity index (χ0) is 27.5. The summed E-state index contributed by atoms with van der Waals surface area (Å²) in [5, 5.41) is 0. The molecule has 0 amide bonds. The summed E-state index contributed by atoms with van der Waals surface area (Å²) >= 11 is -2.65. The number of rotatable bonds is 6. The van der Waals surface area contributed by atoms with Crippen LogP contribution in [0.3, 0.4) is 0 Å². The molecule has 1 unspecified atom stereocenters. The number of hydrogen-bond donors (Lipinski definition) is 0. The van der Waals surface area contributed by atoms with Crippen LogP contribution in [0.4, 0.5) is 0 Å². The summed E-state index contributed by atoms with van der Waals surface area (Å²) in [6, 6.07) is 34.8. The molecular weight excluding hydrogens is 591 g/mol. The topological polar surface area (TPSA) is 87.6 Å². The third-order valence-electron chi connectivity index (χ3n) is 6.40. The summed E-state index contributed by atoms with van der Waals surface area (Å²) in [5.41, 5.74) is 5.52. The van der Waals surface area contributed by atoms with Crippen molar-refractivity contribution in [3.05, 3.63) is 162 Å². The number of allylic oxidation sites excluding steroid dienone is 7. The van der Waals surface area contributed by atoms with Gasteiger partial charge in [0.15, 0.2) is 0 Å². The number of fused-ring (bicyclic) bond motifs is 2. The van der Waals surface area contributed by atoms with Crippen LogP contribution in [0.15, 0.2) is 140 Å². The van der Waals surface area contributed by atoms with E-state index in [2.05, 4.69) is 0 Å². The molecule has 198 valence electrons. The first-order chi connectivity index (χ1) is 19.5. The molecule has 2 aliphatic heterocycles. The Kier molecular flexibility index (Phi) is 7.48. The molecule has 40 heavy (non-hydrogen) atoms. The summed E-state index contributed by atoms with van der Waals surface area (Å²) in [7, 11) is -4.60. The van der Waals surface area contributed by atoms with Gasteiger partial charge in [-0.05, 0) is 0 Å². The van der Waals surface area contributed by atoms with E-state index in [0.29, 0.717) is 4.42 Å². The molecule has 0 bridgehead atoms. The second kappa shape index (κ2) is 11.3. The van der Waals surface area contributed by atoms with Crippen LogP contribution in [0.5, 0.6) is 5.75 Å². The maximum atomic E-state index is 11.7. The molecular formula is C33H23ClO5Se. The van der Waals surface area contributed by atoms with Crippen molar-refractivity contribution in [2.24, 2.45) is 0 Å². The van der Waals surface area contributed by atoms with Gasteiger partial charge in [0.05, 0.1) is 0 Å². The fourth-order valence-electron chi connectivity index (χ4n) is 4.63. The summed E-state index contributed by atoms with van der Waals surface area (Å²) in [4.78, 5) is 0. The van der Waals surface area contributed by atoms with Gasteiger partial charge in [0.1, 0.15) is 0 Å². The summed E-state index contributed by atoms with van der Waals surface area (Å²) in [6.07, 6.45) is 9.97. The zero-order valence-corrected chi connectivity index (χ0v) is 23.6. The zero-order valence-electron chi connectivity index (χ0n) is 21.1. The standard InChI is InChI=1S/C33H23ClO5Se/c35-34(36,37)39-40-32-21-10-8-19-29(32)27(23-33(40)25-14-5-2-6-15-25)17-11-16-26-22-31(24-12-3-1-4-13-24)38-30-20-9-7-18-28(26)30/h1-23H/b17-11+,26-16+. The van der Waals surface area contributed by atoms with Crippen molar-refractivity contribution in [2.75, 3.05) is 0 Å². The summed E-state index contributed by atoms with van der Waals surface area (Å²) in [5.74, 6) is 1.55. The Morgan fingerprint density at radius 2 is 1.30 bits per heavy atom. The van der Waals surface area contributed by atoms with Crippen LogP contribution in [0, 0.1) is 10.2 Å². The molecule has 4 aromatic rings. The number of benzene rings is 4. The van der Waals surface area contributed by atoms with Gasteiger partial charge >= 0.3 is 233 Å². The Morgan fingerprint density at radius 1 is 0.675 bits per heavy atom. The van der Waals surface area contributed by atoms with E-state index in [-0.39, 0.29) is 0 Å². The maximum absolute atomic E-state index is 11.7. The monoisotopic (exact) mass is 614 g/mol. The molecule has 0 N–H and O–H groups in total. The van der Waals surface area contributed by atoms with Gasteiger partial charge in [-0.25, -0.2) is 0 Å². The predicted octanol–water partition coefficient (Wildman–Crippen LogP) is 3.07. The predicted molar refractivity (Wildman–Crippen MR) is 150 cm³/mol. The minimum absolute atomic E-state index is 0.709.